The molecule has 9 aromatic rings. The third-order valence-corrected chi connectivity index (χ3v) is 12.1. The van der Waals surface area contributed by atoms with E-state index in [4.69, 9.17) is 0 Å². The van der Waals surface area contributed by atoms with Crippen molar-refractivity contribution in [2.24, 2.45) is 0 Å². The number of unbranched alkanes of at least 4 members (excludes halogenated alkanes) is 2. The van der Waals surface area contributed by atoms with Crippen molar-refractivity contribution in [1.82, 2.24) is 0 Å². The Morgan fingerprint density at radius 3 is 1.05 bits per heavy atom. The van der Waals surface area contributed by atoms with E-state index in [2.05, 4.69) is 231 Å². The van der Waals surface area contributed by atoms with E-state index in [0.29, 0.717) is 0 Å². The molecule has 0 saturated carbocycles. The number of nitrogens with zero attached hydrogens (tertiary/aromatic N) is 1. The van der Waals surface area contributed by atoms with E-state index >= 15 is 0 Å². The molecule has 0 radical (unpaired) electrons. The normalized spacial score (nSPS) is 11.4. The minimum absolute atomic E-state index is 1.12. The van der Waals surface area contributed by atoms with Crippen LogP contribution in [0, 0.1) is 0 Å². The lowest BCUT2D eigenvalue weighted by Crippen LogP contribution is -2.10. The van der Waals surface area contributed by atoms with Crippen LogP contribution in [0.15, 0.2) is 200 Å². The van der Waals surface area contributed by atoms with Gasteiger partial charge in [0, 0.05) is 17.1 Å². The van der Waals surface area contributed by atoms with Gasteiger partial charge in [0.25, 0.3) is 0 Å². The van der Waals surface area contributed by atoms with Crippen molar-refractivity contribution in [3.8, 4) is 33.4 Å². The van der Waals surface area contributed by atoms with E-state index in [1.165, 1.54) is 114 Å². The van der Waals surface area contributed by atoms with Crippen molar-refractivity contribution >= 4 is 50.8 Å². The van der Waals surface area contributed by atoms with Crippen molar-refractivity contribution in [1.29, 1.82) is 0 Å². The molecule has 298 valence electrons. The molecule has 9 rings (SSSR count). The third kappa shape index (κ3) is 8.70. The number of rotatable bonds is 14. The fourth-order valence-electron chi connectivity index (χ4n) is 8.73. The summed E-state index contributed by atoms with van der Waals surface area (Å²) in [5.41, 5.74) is 16.1. The van der Waals surface area contributed by atoms with Crippen molar-refractivity contribution in [3.63, 3.8) is 0 Å². The summed E-state index contributed by atoms with van der Waals surface area (Å²) in [5.74, 6) is 0. The first-order valence-corrected chi connectivity index (χ1v) is 22.1. The maximum Gasteiger partial charge on any atom is 0.0462 e. The predicted octanol–water partition coefficient (Wildman–Crippen LogP) is 17.3. The first-order chi connectivity index (χ1) is 30.2. The second kappa shape index (κ2) is 18.5. The Hall–Kier alpha value is -6.96. The fourth-order valence-corrected chi connectivity index (χ4v) is 8.73. The van der Waals surface area contributed by atoms with Gasteiger partial charge in [0.05, 0.1) is 0 Å². The molecule has 0 aliphatic rings. The van der Waals surface area contributed by atoms with Crippen LogP contribution in [0.2, 0.25) is 0 Å². The maximum atomic E-state index is 2.40. The zero-order valence-electron chi connectivity index (χ0n) is 35.4. The fraction of sp³-hybridized carbons (Fsp3) is 0.133. The predicted molar refractivity (Wildman–Crippen MR) is 265 cm³/mol. The second-order valence-electron chi connectivity index (χ2n) is 16.2. The number of anilines is 3. The van der Waals surface area contributed by atoms with Crippen molar-refractivity contribution < 1.29 is 0 Å². The number of fused-ring (bicyclic) bond motifs is 2. The van der Waals surface area contributed by atoms with Gasteiger partial charge < -0.3 is 4.90 Å². The van der Waals surface area contributed by atoms with Crippen molar-refractivity contribution in [2.75, 3.05) is 4.90 Å². The minimum Gasteiger partial charge on any atom is -0.311 e. The van der Waals surface area contributed by atoms with E-state index < -0.39 is 0 Å². The zero-order chi connectivity index (χ0) is 41.4. The summed E-state index contributed by atoms with van der Waals surface area (Å²) in [6.07, 6.45) is 11.5. The Morgan fingerprint density at radius 1 is 0.328 bits per heavy atom. The summed E-state index contributed by atoms with van der Waals surface area (Å²) in [4.78, 5) is 2.40. The molecule has 0 unspecified atom stereocenters. The molecular weight excluding hydrogens is 735 g/mol. The van der Waals surface area contributed by atoms with Crippen LogP contribution in [0.1, 0.15) is 61.8 Å². The van der Waals surface area contributed by atoms with Gasteiger partial charge in [-0.1, -0.05) is 203 Å². The number of hydrogen-bond donors (Lipinski definition) is 0. The topological polar surface area (TPSA) is 3.24 Å². The van der Waals surface area contributed by atoms with Gasteiger partial charge in [-0.3, -0.25) is 0 Å². The highest BCUT2D eigenvalue weighted by molar-refractivity contribution is 6.21. The summed E-state index contributed by atoms with van der Waals surface area (Å²) in [6, 6.07) is 73.8. The molecule has 0 fully saturated rings. The highest BCUT2D eigenvalue weighted by Crippen LogP contribution is 2.44. The summed E-state index contributed by atoms with van der Waals surface area (Å²) >= 11 is 0. The van der Waals surface area contributed by atoms with Crippen LogP contribution in [0.5, 0.6) is 0 Å². The smallest absolute Gasteiger partial charge is 0.0462 e. The van der Waals surface area contributed by atoms with Crippen LogP contribution >= 0.6 is 0 Å². The summed E-state index contributed by atoms with van der Waals surface area (Å²) in [7, 11) is 0. The monoisotopic (exact) mass is 787 g/mol. The largest absolute Gasteiger partial charge is 0.311 e. The molecule has 0 saturated heterocycles. The first-order valence-electron chi connectivity index (χ1n) is 22.1. The lowest BCUT2D eigenvalue weighted by molar-refractivity contribution is 0.795. The molecule has 0 aliphatic carbocycles. The average Bonchev–Trinajstić information content (AvgIpc) is 3.33. The number of benzene rings is 9. The van der Waals surface area contributed by atoms with Gasteiger partial charge in [0.1, 0.15) is 0 Å². The van der Waals surface area contributed by atoms with Crippen LogP contribution in [-0.2, 0) is 12.8 Å². The maximum absolute atomic E-state index is 2.40. The minimum atomic E-state index is 1.12. The van der Waals surface area contributed by atoms with E-state index in [-0.39, 0.29) is 0 Å². The summed E-state index contributed by atoms with van der Waals surface area (Å²) in [6.45, 7) is 4.52. The Labute approximate surface area is 362 Å². The molecule has 0 spiro atoms. The van der Waals surface area contributed by atoms with Gasteiger partial charge in [-0.25, -0.2) is 0 Å². The van der Waals surface area contributed by atoms with Gasteiger partial charge in [-0.15, -0.1) is 0 Å². The van der Waals surface area contributed by atoms with E-state index in [1.807, 2.05) is 0 Å². The zero-order valence-corrected chi connectivity index (χ0v) is 35.4. The molecule has 0 aliphatic heterocycles. The third-order valence-electron chi connectivity index (χ3n) is 12.1. The molecule has 0 amide bonds. The molecule has 1 nitrogen and oxygen atoms in total. The van der Waals surface area contributed by atoms with Gasteiger partial charge in [0.15, 0.2) is 0 Å². The van der Waals surface area contributed by atoms with Gasteiger partial charge in [-0.2, -0.15) is 0 Å². The number of hydrogen-bond acceptors (Lipinski definition) is 1. The van der Waals surface area contributed by atoms with Gasteiger partial charge in [0.2, 0.25) is 0 Å². The Balaban J connectivity index is 1.05. The van der Waals surface area contributed by atoms with Crippen LogP contribution in [0.3, 0.4) is 0 Å². The Kier molecular flexibility index (Phi) is 12.0. The van der Waals surface area contributed by atoms with Crippen molar-refractivity contribution in [2.45, 2.75) is 52.4 Å². The molecule has 0 heterocycles. The van der Waals surface area contributed by atoms with Crippen LogP contribution in [-0.4, -0.2) is 0 Å². The molecule has 0 aromatic heterocycles. The molecule has 0 N–H and O–H groups in total. The SMILES string of the molecule is CCCCc1ccc(N(c2ccc(CCCC)cc2)c2ccc(-c3c4ccccc4c(-c4ccc(C=Cc5ccc(-c6ccccc6)cc5)cc4)c4ccccc34)cc2)cc1. The van der Waals surface area contributed by atoms with E-state index in [0.717, 1.165) is 18.5 Å². The highest BCUT2D eigenvalue weighted by Gasteiger charge is 2.18. The number of aryl methyl sites for hydroxylation is 2. The van der Waals surface area contributed by atoms with Gasteiger partial charge >= 0.3 is 0 Å². The Morgan fingerprint density at radius 2 is 0.656 bits per heavy atom. The molecular formula is C60H53N. The lowest BCUT2D eigenvalue weighted by atomic mass is 9.86. The van der Waals surface area contributed by atoms with Crippen LogP contribution < -0.4 is 4.90 Å². The molecule has 61 heavy (non-hydrogen) atoms. The van der Waals surface area contributed by atoms with Gasteiger partial charge in [-0.05, 0) is 139 Å². The standard InChI is InChI=1S/C60H53N/c1-3-5-14-44-28-38-52(39-29-44)61(53-40-30-45(31-41-53)15-6-4-2)54-42-36-51(37-43-54)60-57-20-12-10-18-55(57)59(56-19-11-13-21-58(56)60)50-34-26-47(27-35-50)23-22-46-24-32-49(33-25-46)48-16-8-7-9-17-48/h7-13,16-43H,3-6,14-15H2,1-2H3. The highest BCUT2D eigenvalue weighted by atomic mass is 15.1. The quantitative estimate of drug-likeness (QED) is 0.0784. The molecule has 9 aromatic carbocycles. The van der Waals surface area contributed by atoms with E-state index in [1.54, 1.807) is 0 Å². The lowest BCUT2D eigenvalue weighted by Gasteiger charge is -2.26. The Bertz CT molecular complexity index is 2760. The van der Waals surface area contributed by atoms with Crippen molar-refractivity contribution in [3.05, 3.63) is 222 Å². The first kappa shape index (κ1) is 39.5. The van der Waals surface area contributed by atoms with E-state index in [9.17, 15) is 0 Å². The summed E-state index contributed by atoms with van der Waals surface area (Å²) in [5, 5.41) is 5.04. The average molecular weight is 788 g/mol. The molecule has 0 bridgehead atoms. The second-order valence-corrected chi connectivity index (χ2v) is 16.2. The van der Waals surface area contributed by atoms with Crippen LogP contribution in [0.4, 0.5) is 17.1 Å². The molecule has 1 heteroatoms. The van der Waals surface area contributed by atoms with Crippen LogP contribution in [0.25, 0.3) is 67.1 Å². The summed E-state index contributed by atoms with van der Waals surface area (Å²) < 4.78 is 0. The molecule has 0 atom stereocenters.